The minimum absolute atomic E-state index is 0.0430. The molecule has 1 aromatic rings. The van der Waals surface area contributed by atoms with Crippen LogP contribution < -0.4 is 10.5 Å². The van der Waals surface area contributed by atoms with E-state index in [1.54, 1.807) is 13.3 Å². The fourth-order valence-electron chi connectivity index (χ4n) is 1.47. The van der Waals surface area contributed by atoms with Crippen molar-refractivity contribution in [1.29, 1.82) is 0 Å². The van der Waals surface area contributed by atoms with Crippen LogP contribution in [0.25, 0.3) is 0 Å². The quantitative estimate of drug-likeness (QED) is 0.830. The van der Waals surface area contributed by atoms with Crippen LogP contribution in [-0.4, -0.2) is 18.1 Å². The summed E-state index contributed by atoms with van der Waals surface area (Å²) in [6.45, 7) is 6.29. The average molecular weight is 246 g/mol. The Balaban J connectivity index is 2.48. The van der Waals surface area contributed by atoms with Gasteiger partial charge in [-0.3, -0.25) is 0 Å². The molecule has 0 saturated carbocycles. The third-order valence-electron chi connectivity index (χ3n) is 2.33. The fraction of sp³-hybridized carbons (Fsp3) is 0.533. The average Bonchev–Trinajstić information content (AvgIpc) is 2.28. The highest BCUT2D eigenvalue weighted by atomic mass is 16.5. The van der Waals surface area contributed by atoms with Gasteiger partial charge in [-0.15, -0.1) is 5.92 Å². The number of hydrogen-bond acceptors (Lipinski definition) is 3. The molecule has 1 heterocycles. The third-order valence-corrected chi connectivity index (χ3v) is 2.33. The first-order chi connectivity index (χ1) is 8.40. The second-order valence-electron chi connectivity index (χ2n) is 5.43. The number of rotatable bonds is 4. The van der Waals surface area contributed by atoms with Crippen molar-refractivity contribution in [2.24, 2.45) is 11.1 Å². The molecule has 0 fully saturated rings. The zero-order chi connectivity index (χ0) is 13.6. The number of hydrogen-bond donors (Lipinski definition) is 1. The summed E-state index contributed by atoms with van der Waals surface area (Å²) in [6.07, 6.45) is 3.30. The fourth-order valence-corrected chi connectivity index (χ4v) is 1.47. The highest BCUT2D eigenvalue weighted by molar-refractivity contribution is 5.19. The van der Waals surface area contributed by atoms with Gasteiger partial charge in [-0.2, -0.15) is 0 Å². The molecule has 1 rings (SSSR count). The van der Waals surface area contributed by atoms with Gasteiger partial charge in [0, 0.05) is 30.1 Å². The van der Waals surface area contributed by atoms with Gasteiger partial charge in [0.15, 0.2) is 0 Å². The largest absolute Gasteiger partial charge is 0.481 e. The van der Waals surface area contributed by atoms with Crippen LogP contribution in [0.2, 0.25) is 0 Å². The van der Waals surface area contributed by atoms with Gasteiger partial charge in [-0.05, 0) is 32.8 Å². The smallest absolute Gasteiger partial charge is 0.212 e. The number of nitrogens with two attached hydrogens (primary N) is 1. The first-order valence-electron chi connectivity index (χ1n) is 6.15. The Morgan fingerprint density at radius 2 is 2.11 bits per heavy atom. The summed E-state index contributed by atoms with van der Waals surface area (Å²) < 4.78 is 5.01. The lowest BCUT2D eigenvalue weighted by molar-refractivity contribution is 0.397. The van der Waals surface area contributed by atoms with E-state index in [4.69, 9.17) is 10.5 Å². The van der Waals surface area contributed by atoms with E-state index in [1.165, 1.54) is 0 Å². The van der Waals surface area contributed by atoms with Crippen molar-refractivity contribution in [2.75, 3.05) is 7.11 Å². The molecule has 0 saturated heterocycles. The second-order valence-corrected chi connectivity index (χ2v) is 5.43. The van der Waals surface area contributed by atoms with Crippen LogP contribution in [0.15, 0.2) is 18.3 Å². The van der Waals surface area contributed by atoms with Crippen LogP contribution in [0.3, 0.4) is 0 Å². The van der Waals surface area contributed by atoms with E-state index in [1.807, 2.05) is 12.1 Å². The zero-order valence-electron chi connectivity index (χ0n) is 11.7. The van der Waals surface area contributed by atoms with Crippen LogP contribution in [0.4, 0.5) is 0 Å². The molecule has 3 nitrogen and oxygen atoms in total. The number of pyridine rings is 1. The summed E-state index contributed by atoms with van der Waals surface area (Å²) in [5.74, 6) is 6.96. The molecular formula is C15H22N2O. The molecule has 0 amide bonds. The lowest BCUT2D eigenvalue weighted by Gasteiger charge is -2.10. The summed E-state index contributed by atoms with van der Waals surface area (Å²) in [4.78, 5) is 4.16. The van der Waals surface area contributed by atoms with Crippen molar-refractivity contribution in [1.82, 2.24) is 4.98 Å². The van der Waals surface area contributed by atoms with E-state index in [9.17, 15) is 0 Å². The normalized spacial score (nSPS) is 12.5. The third kappa shape index (κ3) is 5.70. The lowest BCUT2D eigenvalue weighted by Crippen LogP contribution is -2.22. The predicted molar refractivity (Wildman–Crippen MR) is 74.3 cm³/mol. The molecular weight excluding hydrogens is 224 g/mol. The van der Waals surface area contributed by atoms with Gasteiger partial charge in [-0.1, -0.05) is 12.0 Å². The Morgan fingerprint density at radius 3 is 2.61 bits per heavy atom. The molecule has 2 N–H and O–H groups in total. The van der Waals surface area contributed by atoms with E-state index in [-0.39, 0.29) is 11.5 Å². The first-order valence-corrected chi connectivity index (χ1v) is 6.15. The van der Waals surface area contributed by atoms with Crippen LogP contribution >= 0.6 is 0 Å². The lowest BCUT2D eigenvalue weighted by atomic mass is 9.97. The van der Waals surface area contributed by atoms with Crippen LogP contribution in [0.1, 0.15) is 32.8 Å². The van der Waals surface area contributed by atoms with Crippen molar-refractivity contribution in [3.05, 3.63) is 23.9 Å². The molecule has 1 aromatic heterocycles. The van der Waals surface area contributed by atoms with Crippen LogP contribution in [0.5, 0.6) is 5.88 Å². The predicted octanol–water partition coefficient (Wildman–Crippen LogP) is 2.40. The molecule has 0 spiro atoms. The summed E-state index contributed by atoms with van der Waals surface area (Å²) in [5, 5.41) is 0. The Hall–Kier alpha value is -1.53. The molecule has 98 valence electrons. The van der Waals surface area contributed by atoms with Gasteiger partial charge < -0.3 is 10.5 Å². The van der Waals surface area contributed by atoms with E-state index < -0.39 is 0 Å². The van der Waals surface area contributed by atoms with Crippen molar-refractivity contribution in [3.63, 3.8) is 0 Å². The van der Waals surface area contributed by atoms with Crippen molar-refractivity contribution in [2.45, 2.75) is 39.7 Å². The van der Waals surface area contributed by atoms with Gasteiger partial charge in [0.2, 0.25) is 5.88 Å². The minimum atomic E-state index is 0.0430. The molecule has 0 aliphatic heterocycles. The Morgan fingerprint density at radius 1 is 1.39 bits per heavy atom. The Kier molecular flexibility index (Phi) is 5.18. The van der Waals surface area contributed by atoms with Gasteiger partial charge in [-0.25, -0.2) is 4.98 Å². The zero-order valence-corrected chi connectivity index (χ0v) is 11.7. The first kappa shape index (κ1) is 14.5. The molecule has 3 heteroatoms. The van der Waals surface area contributed by atoms with E-state index in [0.717, 1.165) is 12.0 Å². The Labute approximate surface area is 110 Å². The second kappa shape index (κ2) is 6.42. The van der Waals surface area contributed by atoms with Crippen molar-refractivity contribution in [3.8, 4) is 17.7 Å². The minimum Gasteiger partial charge on any atom is -0.481 e. The summed E-state index contributed by atoms with van der Waals surface area (Å²) in [5.41, 5.74) is 7.20. The van der Waals surface area contributed by atoms with Crippen molar-refractivity contribution >= 4 is 0 Å². The van der Waals surface area contributed by atoms with Gasteiger partial charge in [0.25, 0.3) is 0 Å². The number of methoxy groups -OCH3 is 1. The van der Waals surface area contributed by atoms with Gasteiger partial charge >= 0.3 is 0 Å². The highest BCUT2D eigenvalue weighted by Crippen LogP contribution is 2.11. The van der Waals surface area contributed by atoms with E-state index >= 15 is 0 Å². The van der Waals surface area contributed by atoms with Crippen LogP contribution in [-0.2, 0) is 6.42 Å². The topological polar surface area (TPSA) is 48.1 Å². The molecule has 18 heavy (non-hydrogen) atoms. The number of aromatic nitrogens is 1. The summed E-state index contributed by atoms with van der Waals surface area (Å²) in [7, 11) is 1.61. The highest BCUT2D eigenvalue weighted by Gasteiger charge is 2.06. The maximum Gasteiger partial charge on any atom is 0.212 e. The standard InChI is InChI=1S/C15H22N2O/c1-15(2,3)9-5-6-13(16)10-12-7-8-14(18-4)17-11-12/h7-8,11,13H,6,10,16H2,1-4H3. The van der Waals surface area contributed by atoms with Crippen LogP contribution in [0, 0.1) is 17.3 Å². The number of ether oxygens (including phenoxy) is 1. The van der Waals surface area contributed by atoms with Crippen molar-refractivity contribution < 1.29 is 4.74 Å². The SMILES string of the molecule is COc1ccc(CC(N)CC#CC(C)(C)C)cn1. The van der Waals surface area contributed by atoms with Gasteiger partial charge in [0.1, 0.15) is 0 Å². The molecule has 0 aliphatic carbocycles. The summed E-state index contributed by atoms with van der Waals surface area (Å²) in [6, 6.07) is 3.89. The van der Waals surface area contributed by atoms with Gasteiger partial charge in [0.05, 0.1) is 7.11 Å². The molecule has 0 aliphatic rings. The maximum atomic E-state index is 6.04. The molecule has 0 bridgehead atoms. The molecule has 1 unspecified atom stereocenters. The molecule has 0 aromatic carbocycles. The molecule has 0 radical (unpaired) electrons. The Bertz CT molecular complexity index is 421. The molecule has 1 atom stereocenters. The monoisotopic (exact) mass is 246 g/mol. The van der Waals surface area contributed by atoms with E-state index in [0.29, 0.717) is 12.3 Å². The number of nitrogens with zero attached hydrogens (tertiary/aromatic N) is 1. The maximum absolute atomic E-state index is 6.04. The van der Waals surface area contributed by atoms with E-state index in [2.05, 4.69) is 37.6 Å². The summed E-state index contributed by atoms with van der Waals surface area (Å²) >= 11 is 0.